The Labute approximate surface area is 115 Å². The van der Waals surface area contributed by atoms with Crippen LogP contribution in [0.15, 0.2) is 29.1 Å². The van der Waals surface area contributed by atoms with Gasteiger partial charge in [-0.25, -0.2) is 9.37 Å². The zero-order chi connectivity index (χ0) is 13.0. The number of benzene rings is 1. The first-order valence-corrected chi connectivity index (χ1v) is 7.08. The Balaban J connectivity index is 2.24. The van der Waals surface area contributed by atoms with Crippen LogP contribution in [0.3, 0.4) is 0 Å². The molecule has 0 amide bonds. The fraction of sp³-hybridized carbons (Fsp3) is 0.308. The second-order valence-corrected chi connectivity index (χ2v) is 5.05. The molecule has 18 heavy (non-hydrogen) atoms. The highest BCUT2D eigenvalue weighted by molar-refractivity contribution is 7.07. The molecule has 96 valence electrons. The molecule has 1 heterocycles. The number of hydrogen-bond acceptors (Lipinski definition) is 3. The van der Waals surface area contributed by atoms with Crippen LogP contribution in [0.4, 0.5) is 4.39 Å². The molecular formula is C13H14ClFN2S. The Morgan fingerprint density at radius 3 is 2.94 bits per heavy atom. The van der Waals surface area contributed by atoms with E-state index in [4.69, 9.17) is 11.6 Å². The minimum absolute atomic E-state index is 0.00403. The van der Waals surface area contributed by atoms with Gasteiger partial charge in [0.05, 0.1) is 17.2 Å². The van der Waals surface area contributed by atoms with E-state index in [9.17, 15) is 4.39 Å². The molecule has 1 N–H and O–H groups in total. The second kappa shape index (κ2) is 6.27. The molecular weight excluding hydrogens is 271 g/mol. The lowest BCUT2D eigenvalue weighted by Gasteiger charge is -2.17. The monoisotopic (exact) mass is 284 g/mol. The third-order valence-electron chi connectivity index (χ3n) is 2.73. The van der Waals surface area contributed by atoms with Gasteiger partial charge in [0.25, 0.3) is 0 Å². The van der Waals surface area contributed by atoms with Crippen LogP contribution < -0.4 is 5.32 Å². The minimum Gasteiger partial charge on any atom is -0.309 e. The molecule has 0 spiro atoms. The lowest BCUT2D eigenvalue weighted by atomic mass is 10.0. The van der Waals surface area contributed by atoms with E-state index >= 15 is 0 Å². The molecule has 0 saturated heterocycles. The Bertz CT molecular complexity index is 481. The van der Waals surface area contributed by atoms with E-state index in [-0.39, 0.29) is 11.9 Å². The zero-order valence-corrected chi connectivity index (χ0v) is 11.6. The first-order valence-electron chi connectivity index (χ1n) is 5.76. The van der Waals surface area contributed by atoms with Crippen LogP contribution in [0.5, 0.6) is 0 Å². The third-order valence-corrected chi connectivity index (χ3v) is 3.69. The predicted molar refractivity (Wildman–Crippen MR) is 73.6 cm³/mol. The fourth-order valence-electron chi connectivity index (χ4n) is 1.85. The Morgan fingerprint density at radius 2 is 2.33 bits per heavy atom. The van der Waals surface area contributed by atoms with Crippen LogP contribution >= 0.6 is 22.9 Å². The molecule has 0 saturated carbocycles. The number of rotatable bonds is 5. The van der Waals surface area contributed by atoms with Gasteiger partial charge in [-0.3, -0.25) is 0 Å². The van der Waals surface area contributed by atoms with E-state index in [0.29, 0.717) is 17.0 Å². The molecule has 0 radical (unpaired) electrons. The van der Waals surface area contributed by atoms with Crippen LogP contribution in [-0.2, 0) is 6.42 Å². The van der Waals surface area contributed by atoms with E-state index in [1.807, 2.05) is 12.3 Å². The van der Waals surface area contributed by atoms with E-state index in [1.165, 1.54) is 17.4 Å². The maximum atomic E-state index is 13.8. The van der Waals surface area contributed by atoms with Gasteiger partial charge in [-0.2, -0.15) is 0 Å². The van der Waals surface area contributed by atoms with Gasteiger partial charge in [0.15, 0.2) is 0 Å². The molecule has 2 rings (SSSR count). The molecule has 2 nitrogen and oxygen atoms in total. The number of halogens is 2. The molecule has 0 fully saturated rings. The molecule has 0 aliphatic rings. The van der Waals surface area contributed by atoms with Crippen molar-refractivity contribution in [2.75, 3.05) is 6.54 Å². The molecule has 5 heteroatoms. The number of likely N-dealkylation sites (N-methyl/N-ethyl adjacent to an activating group) is 1. The highest BCUT2D eigenvalue weighted by Crippen LogP contribution is 2.25. The van der Waals surface area contributed by atoms with Crippen molar-refractivity contribution in [3.05, 3.63) is 51.2 Å². The highest BCUT2D eigenvalue weighted by atomic mass is 35.5. The van der Waals surface area contributed by atoms with Crippen LogP contribution in [0.1, 0.15) is 24.2 Å². The summed E-state index contributed by atoms with van der Waals surface area (Å²) in [5, 5.41) is 5.75. The normalized spacial score (nSPS) is 12.6. The van der Waals surface area contributed by atoms with Crippen LogP contribution in [0, 0.1) is 5.82 Å². The van der Waals surface area contributed by atoms with Gasteiger partial charge in [-0.1, -0.05) is 24.6 Å². The van der Waals surface area contributed by atoms with Crippen LogP contribution in [0.25, 0.3) is 0 Å². The average Bonchev–Trinajstić information content (AvgIpc) is 2.86. The van der Waals surface area contributed by atoms with Gasteiger partial charge in [-0.05, 0) is 25.1 Å². The largest absolute Gasteiger partial charge is 0.309 e. The smallest absolute Gasteiger partial charge is 0.127 e. The van der Waals surface area contributed by atoms with Gasteiger partial charge in [0, 0.05) is 16.0 Å². The lowest BCUT2D eigenvalue weighted by molar-refractivity contribution is 0.520. The highest BCUT2D eigenvalue weighted by Gasteiger charge is 2.17. The Morgan fingerprint density at radius 1 is 1.50 bits per heavy atom. The summed E-state index contributed by atoms with van der Waals surface area (Å²) in [6, 6.07) is 4.76. The van der Waals surface area contributed by atoms with E-state index < -0.39 is 0 Å². The van der Waals surface area contributed by atoms with Gasteiger partial charge in [-0.15, -0.1) is 11.3 Å². The van der Waals surface area contributed by atoms with Gasteiger partial charge in [0.1, 0.15) is 5.82 Å². The van der Waals surface area contributed by atoms with Gasteiger partial charge in [0.2, 0.25) is 0 Å². The topological polar surface area (TPSA) is 24.9 Å². The number of nitrogens with zero attached hydrogens (tertiary/aromatic N) is 1. The molecule has 1 unspecified atom stereocenters. The van der Waals surface area contributed by atoms with Crippen molar-refractivity contribution in [2.45, 2.75) is 19.4 Å². The SMILES string of the molecule is CCNC(Cc1c(F)cccc1Cl)c1cscn1. The first-order chi connectivity index (χ1) is 8.72. The van der Waals surface area contributed by atoms with Crippen molar-refractivity contribution in [1.29, 1.82) is 0 Å². The van der Waals surface area contributed by atoms with Crippen LogP contribution in [0.2, 0.25) is 5.02 Å². The molecule has 0 bridgehead atoms. The number of hydrogen-bond donors (Lipinski definition) is 1. The van der Waals surface area contributed by atoms with Crippen molar-refractivity contribution in [1.82, 2.24) is 10.3 Å². The summed E-state index contributed by atoms with van der Waals surface area (Å²) in [7, 11) is 0. The summed E-state index contributed by atoms with van der Waals surface area (Å²) in [4.78, 5) is 4.28. The number of thiazole rings is 1. The molecule has 1 atom stereocenters. The minimum atomic E-state index is -0.263. The number of nitrogens with one attached hydrogen (secondary N) is 1. The first kappa shape index (κ1) is 13.5. The van der Waals surface area contributed by atoms with Crippen molar-refractivity contribution in [3.8, 4) is 0 Å². The molecule has 0 aliphatic heterocycles. The van der Waals surface area contributed by atoms with Crippen molar-refractivity contribution in [3.63, 3.8) is 0 Å². The third kappa shape index (κ3) is 3.07. The van der Waals surface area contributed by atoms with Crippen molar-refractivity contribution >= 4 is 22.9 Å². The summed E-state index contributed by atoms with van der Waals surface area (Å²) < 4.78 is 13.8. The lowest BCUT2D eigenvalue weighted by Crippen LogP contribution is -2.23. The van der Waals surface area contributed by atoms with Gasteiger partial charge >= 0.3 is 0 Å². The van der Waals surface area contributed by atoms with E-state index in [1.54, 1.807) is 17.6 Å². The Hall–Kier alpha value is -0.970. The quantitative estimate of drug-likeness (QED) is 0.903. The summed E-state index contributed by atoms with van der Waals surface area (Å²) in [6.45, 7) is 2.82. The van der Waals surface area contributed by atoms with Gasteiger partial charge < -0.3 is 5.32 Å². The summed E-state index contributed by atoms with van der Waals surface area (Å²) in [5.74, 6) is -0.263. The Kier molecular flexibility index (Phi) is 4.69. The van der Waals surface area contributed by atoms with E-state index in [0.717, 1.165) is 12.2 Å². The maximum Gasteiger partial charge on any atom is 0.127 e. The molecule has 1 aromatic carbocycles. The van der Waals surface area contributed by atoms with E-state index in [2.05, 4.69) is 10.3 Å². The molecule has 1 aromatic heterocycles. The zero-order valence-electron chi connectivity index (χ0n) is 9.99. The average molecular weight is 285 g/mol. The van der Waals surface area contributed by atoms with Crippen molar-refractivity contribution in [2.24, 2.45) is 0 Å². The molecule has 2 aromatic rings. The fourth-order valence-corrected chi connectivity index (χ4v) is 2.70. The second-order valence-electron chi connectivity index (χ2n) is 3.93. The summed E-state index contributed by atoms with van der Waals surface area (Å²) in [5.41, 5.74) is 3.25. The number of aromatic nitrogens is 1. The standard InChI is InChI=1S/C13H14ClFN2S/c1-2-16-12(13-7-18-8-17-13)6-9-10(14)4-3-5-11(9)15/h3-5,7-8,12,16H,2,6H2,1H3. The summed E-state index contributed by atoms with van der Waals surface area (Å²) >= 11 is 7.58. The summed E-state index contributed by atoms with van der Waals surface area (Å²) in [6.07, 6.45) is 0.503. The molecule has 0 aliphatic carbocycles. The van der Waals surface area contributed by atoms with Crippen molar-refractivity contribution < 1.29 is 4.39 Å². The predicted octanol–water partition coefficient (Wildman–Crippen LogP) is 3.83. The van der Waals surface area contributed by atoms with Crippen LogP contribution in [-0.4, -0.2) is 11.5 Å². The maximum absolute atomic E-state index is 13.8.